The summed E-state index contributed by atoms with van der Waals surface area (Å²) in [6.07, 6.45) is -3.10. The van der Waals surface area contributed by atoms with Gasteiger partial charge in [-0.2, -0.15) is 13.2 Å². The van der Waals surface area contributed by atoms with Crippen molar-refractivity contribution in [3.05, 3.63) is 35.4 Å². The molecule has 0 radical (unpaired) electrons. The number of nitrogens with zero attached hydrogens (tertiary/aromatic N) is 1. The SMILES string of the molecule is CC1CCN(Cc2cccc(C(F)(F)F)c2)C1. The third-order valence-electron chi connectivity index (χ3n) is 3.17. The van der Waals surface area contributed by atoms with Gasteiger partial charge in [-0.15, -0.1) is 0 Å². The number of rotatable bonds is 2. The third-order valence-corrected chi connectivity index (χ3v) is 3.17. The molecule has 1 unspecified atom stereocenters. The van der Waals surface area contributed by atoms with Gasteiger partial charge < -0.3 is 0 Å². The number of halogens is 3. The van der Waals surface area contributed by atoms with Gasteiger partial charge in [0.05, 0.1) is 5.56 Å². The Hall–Kier alpha value is -1.03. The van der Waals surface area contributed by atoms with Crippen molar-refractivity contribution in [1.29, 1.82) is 0 Å². The first kappa shape index (κ1) is 12.4. The number of alkyl halides is 3. The van der Waals surface area contributed by atoms with E-state index < -0.39 is 11.7 Å². The minimum absolute atomic E-state index is 0.553. The van der Waals surface area contributed by atoms with Crippen LogP contribution >= 0.6 is 0 Å². The van der Waals surface area contributed by atoms with Crippen LogP contribution in [0.3, 0.4) is 0 Å². The summed E-state index contributed by atoms with van der Waals surface area (Å²) < 4.78 is 37.6. The highest BCUT2D eigenvalue weighted by Gasteiger charge is 2.30. The predicted molar refractivity (Wildman–Crippen MR) is 60.5 cm³/mol. The van der Waals surface area contributed by atoms with E-state index in [9.17, 15) is 13.2 Å². The molecule has 0 spiro atoms. The molecule has 1 saturated heterocycles. The van der Waals surface area contributed by atoms with Gasteiger partial charge in [0.15, 0.2) is 0 Å². The second kappa shape index (κ2) is 4.69. The minimum atomic E-state index is -4.24. The Balaban J connectivity index is 2.06. The minimum Gasteiger partial charge on any atom is -0.299 e. The van der Waals surface area contributed by atoms with Crippen molar-refractivity contribution in [1.82, 2.24) is 4.90 Å². The summed E-state index contributed by atoms with van der Waals surface area (Å²) in [4.78, 5) is 2.21. The fraction of sp³-hybridized carbons (Fsp3) is 0.538. The summed E-state index contributed by atoms with van der Waals surface area (Å²) in [5.74, 6) is 0.654. The van der Waals surface area contributed by atoms with Crippen LogP contribution in [0, 0.1) is 5.92 Å². The van der Waals surface area contributed by atoms with Crippen LogP contribution in [0.15, 0.2) is 24.3 Å². The number of hydrogen-bond acceptors (Lipinski definition) is 1. The number of likely N-dealkylation sites (tertiary alicyclic amines) is 1. The molecule has 1 atom stereocenters. The number of hydrogen-bond donors (Lipinski definition) is 0. The van der Waals surface area contributed by atoms with E-state index >= 15 is 0 Å². The molecule has 1 nitrogen and oxygen atoms in total. The highest BCUT2D eigenvalue weighted by atomic mass is 19.4. The molecule has 0 N–H and O–H groups in total. The summed E-state index contributed by atoms with van der Waals surface area (Å²) in [6.45, 7) is 4.76. The van der Waals surface area contributed by atoms with Crippen LogP contribution in [0.1, 0.15) is 24.5 Å². The lowest BCUT2D eigenvalue weighted by Gasteiger charge is -2.16. The highest BCUT2D eigenvalue weighted by Crippen LogP contribution is 2.30. The van der Waals surface area contributed by atoms with Crippen LogP contribution in [0.2, 0.25) is 0 Å². The Labute approximate surface area is 99.2 Å². The Bertz CT molecular complexity index is 386. The van der Waals surface area contributed by atoms with E-state index in [4.69, 9.17) is 0 Å². The second-order valence-electron chi connectivity index (χ2n) is 4.83. The largest absolute Gasteiger partial charge is 0.416 e. The van der Waals surface area contributed by atoms with Gasteiger partial charge in [-0.05, 0) is 30.5 Å². The van der Waals surface area contributed by atoms with Gasteiger partial charge in [-0.25, -0.2) is 0 Å². The quantitative estimate of drug-likeness (QED) is 0.767. The molecule has 0 saturated carbocycles. The summed E-state index contributed by atoms with van der Waals surface area (Å²) >= 11 is 0. The Morgan fingerprint density at radius 3 is 2.71 bits per heavy atom. The molecule has 0 aliphatic carbocycles. The fourth-order valence-corrected chi connectivity index (χ4v) is 2.27. The first-order valence-corrected chi connectivity index (χ1v) is 5.83. The maximum absolute atomic E-state index is 12.5. The molecule has 0 amide bonds. The summed E-state index contributed by atoms with van der Waals surface area (Å²) in [7, 11) is 0. The van der Waals surface area contributed by atoms with Crippen LogP contribution < -0.4 is 0 Å². The lowest BCUT2D eigenvalue weighted by molar-refractivity contribution is -0.137. The third kappa shape index (κ3) is 3.22. The Morgan fingerprint density at radius 1 is 1.35 bits per heavy atom. The smallest absolute Gasteiger partial charge is 0.299 e. The Morgan fingerprint density at radius 2 is 2.12 bits per heavy atom. The monoisotopic (exact) mass is 243 g/mol. The molecule has 1 aromatic carbocycles. The standard InChI is InChI=1S/C13H16F3N/c1-10-5-6-17(8-10)9-11-3-2-4-12(7-11)13(14,15)16/h2-4,7,10H,5-6,8-9H2,1H3. The highest BCUT2D eigenvalue weighted by molar-refractivity contribution is 5.25. The van der Waals surface area contributed by atoms with Gasteiger partial charge in [-0.3, -0.25) is 4.90 Å². The molecular formula is C13H16F3N. The van der Waals surface area contributed by atoms with E-state index in [-0.39, 0.29) is 0 Å². The summed E-state index contributed by atoms with van der Waals surface area (Å²) in [5.41, 5.74) is 0.191. The topological polar surface area (TPSA) is 3.24 Å². The van der Waals surface area contributed by atoms with Crippen molar-refractivity contribution in [2.45, 2.75) is 26.1 Å². The van der Waals surface area contributed by atoms with Crippen molar-refractivity contribution in [3.63, 3.8) is 0 Å². The molecular weight excluding hydrogens is 227 g/mol. The molecule has 2 rings (SSSR count). The molecule has 94 valence electrons. The summed E-state index contributed by atoms with van der Waals surface area (Å²) in [5, 5.41) is 0. The van der Waals surface area contributed by atoms with Crippen LogP contribution in [-0.4, -0.2) is 18.0 Å². The van der Waals surface area contributed by atoms with E-state index in [1.165, 1.54) is 12.1 Å². The molecule has 1 heterocycles. The van der Waals surface area contributed by atoms with E-state index in [2.05, 4.69) is 11.8 Å². The van der Waals surface area contributed by atoms with Crippen molar-refractivity contribution < 1.29 is 13.2 Å². The van der Waals surface area contributed by atoms with Gasteiger partial charge in [0.2, 0.25) is 0 Å². The Kier molecular flexibility index (Phi) is 3.43. The maximum atomic E-state index is 12.5. The molecule has 1 fully saturated rings. The maximum Gasteiger partial charge on any atom is 0.416 e. The van der Waals surface area contributed by atoms with Gasteiger partial charge >= 0.3 is 6.18 Å². The van der Waals surface area contributed by atoms with E-state index in [1.54, 1.807) is 6.07 Å². The molecule has 0 bridgehead atoms. The summed E-state index contributed by atoms with van der Waals surface area (Å²) in [6, 6.07) is 5.62. The van der Waals surface area contributed by atoms with Gasteiger partial charge in [0.1, 0.15) is 0 Å². The molecule has 1 aliphatic heterocycles. The van der Waals surface area contributed by atoms with E-state index in [1.807, 2.05) is 0 Å². The molecule has 4 heteroatoms. The number of benzene rings is 1. The zero-order valence-corrected chi connectivity index (χ0v) is 9.80. The van der Waals surface area contributed by atoms with Crippen molar-refractivity contribution in [2.24, 2.45) is 5.92 Å². The molecule has 1 aliphatic rings. The van der Waals surface area contributed by atoms with Crippen molar-refractivity contribution >= 4 is 0 Å². The molecule has 0 aromatic heterocycles. The molecule has 1 aromatic rings. The second-order valence-corrected chi connectivity index (χ2v) is 4.83. The normalized spacial score (nSPS) is 22.0. The lowest BCUT2D eigenvalue weighted by atomic mass is 10.1. The van der Waals surface area contributed by atoms with Crippen LogP contribution in [0.25, 0.3) is 0 Å². The average Bonchev–Trinajstić information content (AvgIpc) is 2.63. The predicted octanol–water partition coefficient (Wildman–Crippen LogP) is 3.55. The van der Waals surface area contributed by atoms with Crippen LogP contribution in [0.5, 0.6) is 0 Å². The first-order chi connectivity index (χ1) is 7.95. The van der Waals surface area contributed by atoms with Gasteiger partial charge in [-0.1, -0.05) is 25.1 Å². The zero-order valence-electron chi connectivity index (χ0n) is 9.80. The van der Waals surface area contributed by atoms with Crippen molar-refractivity contribution in [2.75, 3.05) is 13.1 Å². The van der Waals surface area contributed by atoms with Gasteiger partial charge in [0.25, 0.3) is 0 Å². The van der Waals surface area contributed by atoms with Gasteiger partial charge in [0, 0.05) is 13.1 Å². The van der Waals surface area contributed by atoms with E-state index in [0.29, 0.717) is 12.5 Å². The molecule has 17 heavy (non-hydrogen) atoms. The van der Waals surface area contributed by atoms with Crippen molar-refractivity contribution in [3.8, 4) is 0 Å². The van der Waals surface area contributed by atoms with Crippen LogP contribution in [-0.2, 0) is 12.7 Å². The average molecular weight is 243 g/mol. The zero-order chi connectivity index (χ0) is 12.5. The lowest BCUT2D eigenvalue weighted by Crippen LogP contribution is -2.20. The first-order valence-electron chi connectivity index (χ1n) is 5.83. The van der Waals surface area contributed by atoms with Crippen LogP contribution in [0.4, 0.5) is 13.2 Å². The fourth-order valence-electron chi connectivity index (χ4n) is 2.27. The van der Waals surface area contributed by atoms with E-state index in [0.717, 1.165) is 31.1 Å².